The number of rotatable bonds is 5. The highest BCUT2D eigenvalue weighted by Gasteiger charge is 2.19. The average molecular weight is 392 g/mol. The second kappa shape index (κ2) is 7.48. The van der Waals surface area contributed by atoms with Crippen molar-refractivity contribution in [3.63, 3.8) is 0 Å². The van der Waals surface area contributed by atoms with E-state index >= 15 is 0 Å². The molecular formula is C22H20N2O3S. The van der Waals surface area contributed by atoms with Crippen molar-refractivity contribution in [2.75, 3.05) is 5.32 Å². The molecule has 0 aliphatic carbocycles. The molecule has 4 aromatic rings. The van der Waals surface area contributed by atoms with Crippen molar-refractivity contribution in [1.29, 1.82) is 0 Å². The third kappa shape index (κ3) is 3.51. The van der Waals surface area contributed by atoms with Crippen LogP contribution in [0.4, 0.5) is 5.69 Å². The van der Waals surface area contributed by atoms with E-state index in [1.165, 1.54) is 0 Å². The van der Waals surface area contributed by atoms with Crippen LogP contribution in [0.5, 0.6) is 5.75 Å². The standard InChI is InChI=1S/C22H20N2O3S/c1-3-19(27-17-10-8-14-6-4-5-7-15(14)12-17)21(25)23-16-9-11-18-20(13-16)28-22(26)24(18)2/h4-13,19H,3H2,1-2H3,(H,23,25)/t19-/m0/s1. The summed E-state index contributed by atoms with van der Waals surface area (Å²) in [7, 11) is 1.74. The van der Waals surface area contributed by atoms with Crippen LogP contribution in [-0.4, -0.2) is 16.6 Å². The van der Waals surface area contributed by atoms with Crippen LogP contribution in [0.2, 0.25) is 0 Å². The second-order valence-electron chi connectivity index (χ2n) is 6.62. The maximum atomic E-state index is 12.7. The molecule has 0 radical (unpaired) electrons. The number of benzene rings is 3. The normalized spacial score (nSPS) is 12.2. The lowest BCUT2D eigenvalue weighted by molar-refractivity contribution is -0.122. The number of carbonyl (C=O) groups excluding carboxylic acids is 1. The Balaban J connectivity index is 1.52. The maximum absolute atomic E-state index is 12.7. The number of hydrogen-bond acceptors (Lipinski definition) is 4. The van der Waals surface area contributed by atoms with Crippen molar-refractivity contribution in [2.24, 2.45) is 7.05 Å². The zero-order chi connectivity index (χ0) is 19.7. The molecular weight excluding hydrogens is 372 g/mol. The number of amides is 1. The smallest absolute Gasteiger partial charge is 0.307 e. The zero-order valence-corrected chi connectivity index (χ0v) is 16.5. The monoisotopic (exact) mass is 392 g/mol. The Bertz CT molecular complexity index is 1230. The lowest BCUT2D eigenvalue weighted by Gasteiger charge is -2.17. The summed E-state index contributed by atoms with van der Waals surface area (Å²) in [6.45, 7) is 1.91. The van der Waals surface area contributed by atoms with Gasteiger partial charge in [0.2, 0.25) is 0 Å². The third-order valence-corrected chi connectivity index (χ3v) is 5.72. The van der Waals surface area contributed by atoms with Gasteiger partial charge in [-0.2, -0.15) is 0 Å². The molecule has 0 spiro atoms. The molecule has 4 rings (SSSR count). The summed E-state index contributed by atoms with van der Waals surface area (Å²) in [5.41, 5.74) is 1.51. The number of aryl methyl sites for hydroxylation is 1. The van der Waals surface area contributed by atoms with E-state index in [0.717, 1.165) is 32.3 Å². The number of hydrogen-bond donors (Lipinski definition) is 1. The fourth-order valence-corrected chi connectivity index (χ4v) is 4.08. The van der Waals surface area contributed by atoms with Crippen LogP contribution >= 0.6 is 11.3 Å². The van der Waals surface area contributed by atoms with Gasteiger partial charge in [-0.3, -0.25) is 9.59 Å². The first-order valence-corrected chi connectivity index (χ1v) is 9.92. The number of thiazole rings is 1. The summed E-state index contributed by atoms with van der Waals surface area (Å²) in [6.07, 6.45) is -0.0640. The number of aromatic nitrogens is 1. The van der Waals surface area contributed by atoms with Crippen LogP contribution in [0.3, 0.4) is 0 Å². The highest BCUT2D eigenvalue weighted by atomic mass is 32.1. The molecule has 1 amide bonds. The molecule has 3 aromatic carbocycles. The summed E-state index contributed by atoms with van der Waals surface area (Å²) in [5, 5.41) is 5.10. The van der Waals surface area contributed by atoms with E-state index in [2.05, 4.69) is 5.32 Å². The predicted octanol–water partition coefficient (Wildman–Crippen LogP) is 4.55. The van der Waals surface area contributed by atoms with Crippen molar-refractivity contribution in [3.8, 4) is 5.75 Å². The predicted molar refractivity (Wildman–Crippen MR) is 114 cm³/mol. The highest BCUT2D eigenvalue weighted by Crippen LogP contribution is 2.24. The lowest BCUT2D eigenvalue weighted by Crippen LogP contribution is -2.32. The summed E-state index contributed by atoms with van der Waals surface area (Å²) in [4.78, 5) is 24.5. The van der Waals surface area contributed by atoms with Gasteiger partial charge >= 0.3 is 4.87 Å². The molecule has 28 heavy (non-hydrogen) atoms. The molecule has 0 fully saturated rings. The average Bonchev–Trinajstić information content (AvgIpc) is 2.99. The Kier molecular flexibility index (Phi) is 4.88. The summed E-state index contributed by atoms with van der Waals surface area (Å²) in [6, 6.07) is 19.3. The van der Waals surface area contributed by atoms with Crippen molar-refractivity contribution < 1.29 is 9.53 Å². The molecule has 0 bridgehead atoms. The quantitative estimate of drug-likeness (QED) is 0.542. The minimum Gasteiger partial charge on any atom is -0.481 e. The summed E-state index contributed by atoms with van der Waals surface area (Å²) >= 11 is 1.16. The van der Waals surface area contributed by atoms with E-state index < -0.39 is 6.10 Å². The zero-order valence-electron chi connectivity index (χ0n) is 15.6. The summed E-state index contributed by atoms with van der Waals surface area (Å²) in [5.74, 6) is 0.454. The van der Waals surface area contributed by atoms with E-state index in [-0.39, 0.29) is 10.8 Å². The van der Waals surface area contributed by atoms with Gasteiger partial charge in [-0.25, -0.2) is 0 Å². The molecule has 5 nitrogen and oxygen atoms in total. The number of anilines is 1. The first-order valence-electron chi connectivity index (χ1n) is 9.11. The van der Waals surface area contributed by atoms with Crippen molar-refractivity contribution in [3.05, 3.63) is 70.3 Å². The molecule has 0 saturated carbocycles. The summed E-state index contributed by atoms with van der Waals surface area (Å²) < 4.78 is 8.39. The fourth-order valence-electron chi connectivity index (χ4n) is 3.16. The lowest BCUT2D eigenvalue weighted by atomic mass is 10.1. The Hall–Kier alpha value is -3.12. The van der Waals surface area contributed by atoms with Gasteiger partial charge < -0.3 is 14.6 Å². The van der Waals surface area contributed by atoms with Crippen molar-refractivity contribution in [1.82, 2.24) is 4.57 Å². The van der Waals surface area contributed by atoms with E-state index in [4.69, 9.17) is 4.74 Å². The first-order chi connectivity index (χ1) is 13.5. The van der Waals surface area contributed by atoms with E-state index in [1.807, 2.05) is 61.5 Å². The molecule has 0 saturated heterocycles. The minimum atomic E-state index is -0.605. The van der Waals surface area contributed by atoms with Gasteiger partial charge in [-0.15, -0.1) is 0 Å². The van der Waals surface area contributed by atoms with Gasteiger partial charge in [0.15, 0.2) is 6.10 Å². The van der Waals surface area contributed by atoms with E-state index in [0.29, 0.717) is 17.9 Å². The minimum absolute atomic E-state index is 0.0236. The first kappa shape index (κ1) is 18.3. The van der Waals surface area contributed by atoms with Crippen LogP contribution in [0, 0.1) is 0 Å². The molecule has 1 aromatic heterocycles. The Morgan fingerprint density at radius 2 is 1.89 bits per heavy atom. The van der Waals surface area contributed by atoms with Crippen LogP contribution in [-0.2, 0) is 11.8 Å². The number of nitrogens with zero attached hydrogens (tertiary/aromatic N) is 1. The molecule has 0 aliphatic rings. The number of fused-ring (bicyclic) bond motifs is 2. The van der Waals surface area contributed by atoms with Gasteiger partial charge in [0.25, 0.3) is 5.91 Å². The van der Waals surface area contributed by atoms with Crippen LogP contribution in [0.1, 0.15) is 13.3 Å². The molecule has 142 valence electrons. The molecule has 1 atom stereocenters. The molecule has 0 unspecified atom stereocenters. The van der Waals surface area contributed by atoms with Gasteiger partial charge in [0.1, 0.15) is 5.75 Å². The largest absolute Gasteiger partial charge is 0.481 e. The Morgan fingerprint density at radius 3 is 2.68 bits per heavy atom. The van der Waals surface area contributed by atoms with Crippen molar-refractivity contribution in [2.45, 2.75) is 19.4 Å². The third-order valence-electron chi connectivity index (χ3n) is 4.72. The van der Waals surface area contributed by atoms with Crippen LogP contribution < -0.4 is 14.9 Å². The Labute approximate surface area is 166 Å². The SMILES string of the molecule is CC[C@H](Oc1ccc2ccccc2c1)C(=O)Nc1ccc2c(c1)sc(=O)n2C. The topological polar surface area (TPSA) is 60.3 Å². The molecule has 1 heterocycles. The maximum Gasteiger partial charge on any atom is 0.307 e. The van der Waals surface area contributed by atoms with E-state index in [9.17, 15) is 9.59 Å². The fraction of sp³-hybridized carbons (Fsp3) is 0.182. The molecule has 0 aliphatic heterocycles. The number of carbonyl (C=O) groups is 1. The van der Waals surface area contributed by atoms with Gasteiger partial charge in [0.05, 0.1) is 10.2 Å². The molecule has 6 heteroatoms. The Morgan fingerprint density at radius 1 is 1.11 bits per heavy atom. The van der Waals surface area contributed by atoms with E-state index in [1.54, 1.807) is 17.7 Å². The van der Waals surface area contributed by atoms with Crippen molar-refractivity contribution >= 4 is 43.9 Å². The second-order valence-corrected chi connectivity index (χ2v) is 7.62. The number of nitrogens with one attached hydrogen (secondary N) is 1. The highest BCUT2D eigenvalue weighted by molar-refractivity contribution is 7.16. The van der Waals surface area contributed by atoms with Gasteiger partial charge in [0, 0.05) is 12.7 Å². The van der Waals surface area contributed by atoms with Crippen LogP contribution in [0.15, 0.2) is 65.5 Å². The number of ether oxygens (including phenoxy) is 1. The van der Waals surface area contributed by atoms with Gasteiger partial charge in [-0.05, 0) is 47.5 Å². The molecule has 1 N–H and O–H groups in total. The van der Waals surface area contributed by atoms with Crippen LogP contribution in [0.25, 0.3) is 21.0 Å². The van der Waals surface area contributed by atoms with Gasteiger partial charge in [-0.1, -0.05) is 48.6 Å².